The van der Waals surface area contributed by atoms with E-state index >= 15 is 0 Å². The van der Waals surface area contributed by atoms with E-state index in [2.05, 4.69) is 25.8 Å². The van der Waals surface area contributed by atoms with Crippen LogP contribution >= 0.6 is 11.3 Å². The summed E-state index contributed by atoms with van der Waals surface area (Å²) in [7, 11) is 0. The van der Waals surface area contributed by atoms with Gasteiger partial charge in [-0.25, -0.2) is 9.78 Å². The van der Waals surface area contributed by atoms with Crippen LogP contribution in [0, 0.1) is 12.3 Å². The summed E-state index contributed by atoms with van der Waals surface area (Å²) >= 11 is 1.47. The maximum absolute atomic E-state index is 11.6. The molecule has 17 heavy (non-hydrogen) atoms. The topological polar surface area (TPSA) is 65.2 Å². The minimum absolute atomic E-state index is 0.0732. The molecule has 0 bridgehead atoms. The van der Waals surface area contributed by atoms with Gasteiger partial charge in [-0.1, -0.05) is 20.8 Å². The molecule has 1 rings (SSSR count). The van der Waals surface area contributed by atoms with E-state index in [0.717, 1.165) is 9.88 Å². The van der Waals surface area contributed by atoms with Gasteiger partial charge in [-0.05, 0) is 19.3 Å². The van der Waals surface area contributed by atoms with Crippen molar-refractivity contribution >= 4 is 17.3 Å². The van der Waals surface area contributed by atoms with Gasteiger partial charge in [0.2, 0.25) is 0 Å². The van der Waals surface area contributed by atoms with Crippen LogP contribution in [0.15, 0.2) is 0 Å². The lowest BCUT2D eigenvalue weighted by atomic mass is 9.88. The molecule has 4 nitrogen and oxygen atoms in total. The van der Waals surface area contributed by atoms with E-state index in [4.69, 9.17) is 10.5 Å². The second kappa shape index (κ2) is 5.14. The van der Waals surface area contributed by atoms with Crippen molar-refractivity contribution < 1.29 is 9.53 Å². The highest BCUT2D eigenvalue weighted by molar-refractivity contribution is 7.12. The number of rotatable bonds is 3. The summed E-state index contributed by atoms with van der Waals surface area (Å²) in [5.41, 5.74) is 6.45. The summed E-state index contributed by atoms with van der Waals surface area (Å²) in [5.74, 6) is -0.367. The zero-order chi connectivity index (χ0) is 13.2. The molecule has 0 amide bonds. The van der Waals surface area contributed by atoms with Gasteiger partial charge >= 0.3 is 5.97 Å². The first-order chi connectivity index (χ1) is 7.77. The molecule has 0 spiro atoms. The largest absolute Gasteiger partial charge is 0.461 e. The quantitative estimate of drug-likeness (QED) is 0.844. The van der Waals surface area contributed by atoms with Gasteiger partial charge in [0, 0.05) is 4.88 Å². The van der Waals surface area contributed by atoms with E-state index in [1.165, 1.54) is 11.3 Å². The number of hydrogen-bond donors (Lipinski definition) is 1. The molecule has 0 aliphatic heterocycles. The van der Waals surface area contributed by atoms with E-state index in [0.29, 0.717) is 12.3 Å². The first kappa shape index (κ1) is 14.1. The van der Waals surface area contributed by atoms with Crippen LogP contribution in [-0.4, -0.2) is 17.6 Å². The van der Waals surface area contributed by atoms with Crippen molar-refractivity contribution in [2.75, 3.05) is 6.61 Å². The molecule has 0 saturated carbocycles. The zero-order valence-electron chi connectivity index (χ0n) is 11.0. The standard InChI is InChI=1S/C12H20N2O2S/c1-6-16-11(15)8-7(2)17-10(14-8)9(13)12(3,4)5/h9H,6,13H2,1-5H3. The molecule has 5 heteroatoms. The third-order valence-electron chi connectivity index (χ3n) is 2.48. The maximum Gasteiger partial charge on any atom is 0.358 e. The van der Waals surface area contributed by atoms with Gasteiger partial charge in [-0.3, -0.25) is 0 Å². The predicted molar refractivity (Wildman–Crippen MR) is 69.2 cm³/mol. The molecule has 0 aliphatic carbocycles. The third kappa shape index (κ3) is 3.26. The number of hydrogen-bond acceptors (Lipinski definition) is 5. The summed E-state index contributed by atoms with van der Waals surface area (Å²) in [6.07, 6.45) is 0. The highest BCUT2D eigenvalue weighted by atomic mass is 32.1. The molecule has 2 N–H and O–H groups in total. The lowest BCUT2D eigenvalue weighted by Crippen LogP contribution is -2.26. The van der Waals surface area contributed by atoms with E-state index < -0.39 is 0 Å². The summed E-state index contributed by atoms with van der Waals surface area (Å²) in [6, 6.07) is -0.172. The summed E-state index contributed by atoms with van der Waals surface area (Å²) < 4.78 is 4.95. The monoisotopic (exact) mass is 256 g/mol. The number of esters is 1. The minimum Gasteiger partial charge on any atom is -0.461 e. The van der Waals surface area contributed by atoms with Crippen LogP contribution in [-0.2, 0) is 4.74 Å². The average molecular weight is 256 g/mol. The number of aryl methyl sites for hydroxylation is 1. The highest BCUT2D eigenvalue weighted by Gasteiger charge is 2.27. The Morgan fingerprint density at radius 2 is 2.12 bits per heavy atom. The predicted octanol–water partition coefficient (Wildman–Crippen LogP) is 2.67. The van der Waals surface area contributed by atoms with E-state index in [-0.39, 0.29) is 17.4 Å². The van der Waals surface area contributed by atoms with E-state index in [9.17, 15) is 4.79 Å². The first-order valence-corrected chi connectivity index (χ1v) is 6.49. The molecule has 1 heterocycles. The SMILES string of the molecule is CCOC(=O)c1nc(C(N)C(C)(C)C)sc1C. The Kier molecular flexibility index (Phi) is 4.27. The van der Waals surface area contributed by atoms with Gasteiger partial charge in [0.15, 0.2) is 5.69 Å². The Labute approximate surface area is 106 Å². The Morgan fingerprint density at radius 3 is 2.59 bits per heavy atom. The second-order valence-corrected chi connectivity index (χ2v) is 6.26. The number of nitrogens with zero attached hydrogens (tertiary/aromatic N) is 1. The van der Waals surface area contributed by atoms with Crippen LogP contribution in [0.3, 0.4) is 0 Å². The molecule has 1 aromatic heterocycles. The van der Waals surface area contributed by atoms with Crippen LogP contribution in [0.5, 0.6) is 0 Å². The summed E-state index contributed by atoms with van der Waals surface area (Å²) in [6.45, 7) is 10.2. The second-order valence-electron chi connectivity index (χ2n) is 5.02. The van der Waals surface area contributed by atoms with Crippen molar-refractivity contribution in [3.63, 3.8) is 0 Å². The van der Waals surface area contributed by atoms with Gasteiger partial charge < -0.3 is 10.5 Å². The maximum atomic E-state index is 11.6. The van der Waals surface area contributed by atoms with Gasteiger partial charge in [0.05, 0.1) is 12.6 Å². The Hall–Kier alpha value is -0.940. The number of carbonyl (C=O) groups is 1. The zero-order valence-corrected chi connectivity index (χ0v) is 11.9. The van der Waals surface area contributed by atoms with Crippen LogP contribution in [0.25, 0.3) is 0 Å². The molecule has 1 unspecified atom stereocenters. The molecule has 0 aromatic carbocycles. The normalized spacial score (nSPS) is 13.5. The number of carbonyl (C=O) groups excluding carboxylic acids is 1. The summed E-state index contributed by atoms with van der Waals surface area (Å²) in [5, 5.41) is 0.790. The number of ether oxygens (including phenoxy) is 1. The third-order valence-corrected chi connectivity index (χ3v) is 3.53. The van der Waals surface area contributed by atoms with Gasteiger partial charge in [0.1, 0.15) is 5.01 Å². The Morgan fingerprint density at radius 1 is 1.53 bits per heavy atom. The van der Waals surface area contributed by atoms with Crippen molar-refractivity contribution in [2.45, 2.75) is 40.7 Å². The van der Waals surface area contributed by atoms with E-state index in [1.54, 1.807) is 6.92 Å². The molecule has 1 atom stereocenters. The Balaban J connectivity index is 3.00. The molecule has 0 radical (unpaired) electrons. The van der Waals surface area contributed by atoms with Crippen molar-refractivity contribution in [3.8, 4) is 0 Å². The van der Waals surface area contributed by atoms with Crippen LogP contribution in [0.2, 0.25) is 0 Å². The highest BCUT2D eigenvalue weighted by Crippen LogP contribution is 2.33. The van der Waals surface area contributed by atoms with Crippen LogP contribution < -0.4 is 5.73 Å². The van der Waals surface area contributed by atoms with Gasteiger partial charge in [-0.2, -0.15) is 0 Å². The van der Waals surface area contributed by atoms with Crippen LogP contribution in [0.1, 0.15) is 54.1 Å². The average Bonchev–Trinajstić information content (AvgIpc) is 2.58. The number of nitrogens with two attached hydrogens (primary N) is 1. The molecule has 96 valence electrons. The van der Waals surface area contributed by atoms with E-state index in [1.807, 2.05) is 6.92 Å². The van der Waals surface area contributed by atoms with Crippen molar-refractivity contribution in [2.24, 2.45) is 11.1 Å². The summed E-state index contributed by atoms with van der Waals surface area (Å²) in [4.78, 5) is 16.8. The lowest BCUT2D eigenvalue weighted by molar-refractivity contribution is 0.0519. The Bertz CT molecular complexity index is 407. The fourth-order valence-corrected chi connectivity index (χ4v) is 2.47. The fraction of sp³-hybridized carbons (Fsp3) is 0.667. The number of thiazole rings is 1. The van der Waals surface area contributed by atoms with Gasteiger partial charge in [0.25, 0.3) is 0 Å². The first-order valence-electron chi connectivity index (χ1n) is 5.67. The molecule has 0 saturated heterocycles. The lowest BCUT2D eigenvalue weighted by Gasteiger charge is -2.24. The fourth-order valence-electron chi connectivity index (χ4n) is 1.31. The molecular formula is C12H20N2O2S. The van der Waals surface area contributed by atoms with Crippen molar-refractivity contribution in [3.05, 3.63) is 15.6 Å². The van der Waals surface area contributed by atoms with Crippen molar-refractivity contribution in [1.29, 1.82) is 0 Å². The smallest absolute Gasteiger partial charge is 0.358 e. The molecule has 0 aliphatic rings. The van der Waals surface area contributed by atoms with Gasteiger partial charge in [-0.15, -0.1) is 11.3 Å². The number of aromatic nitrogens is 1. The van der Waals surface area contributed by atoms with Crippen LogP contribution in [0.4, 0.5) is 0 Å². The molecule has 0 fully saturated rings. The van der Waals surface area contributed by atoms with Crippen molar-refractivity contribution in [1.82, 2.24) is 4.98 Å². The molecular weight excluding hydrogens is 236 g/mol. The minimum atomic E-state index is -0.367. The molecule has 1 aromatic rings.